The molecule has 0 spiro atoms. The maximum Gasteiger partial charge on any atom is 0.314 e. The minimum atomic E-state index is -0.757. The SMILES string of the molecule is O=C(O)C1(c2cccc3c(Br)coc23)CC1. The molecule has 4 heteroatoms. The minimum Gasteiger partial charge on any atom is -0.481 e. The number of para-hydroxylation sites is 1. The van der Waals surface area contributed by atoms with E-state index in [0.717, 1.165) is 15.4 Å². The van der Waals surface area contributed by atoms with Crippen LogP contribution in [0.4, 0.5) is 0 Å². The Labute approximate surface area is 100 Å². The van der Waals surface area contributed by atoms with E-state index < -0.39 is 11.4 Å². The smallest absolute Gasteiger partial charge is 0.314 e. The summed E-state index contributed by atoms with van der Waals surface area (Å²) in [6, 6.07) is 5.64. The molecule has 82 valence electrons. The second kappa shape index (κ2) is 3.10. The fourth-order valence-electron chi connectivity index (χ4n) is 2.13. The zero-order valence-corrected chi connectivity index (χ0v) is 9.95. The summed E-state index contributed by atoms with van der Waals surface area (Å²) in [7, 11) is 0. The van der Waals surface area contributed by atoms with E-state index in [1.165, 1.54) is 0 Å². The summed E-state index contributed by atoms with van der Waals surface area (Å²) in [6.45, 7) is 0. The first-order chi connectivity index (χ1) is 7.65. The maximum atomic E-state index is 11.3. The number of aliphatic carboxylic acids is 1. The van der Waals surface area contributed by atoms with Gasteiger partial charge in [-0.05, 0) is 34.8 Å². The molecule has 1 N–H and O–H groups in total. The summed E-state index contributed by atoms with van der Waals surface area (Å²) >= 11 is 3.38. The van der Waals surface area contributed by atoms with Crippen molar-refractivity contribution in [2.75, 3.05) is 0 Å². The first-order valence-corrected chi connectivity index (χ1v) is 5.84. The number of benzene rings is 1. The van der Waals surface area contributed by atoms with E-state index in [4.69, 9.17) is 4.42 Å². The molecule has 0 saturated heterocycles. The Morgan fingerprint density at radius 3 is 2.81 bits per heavy atom. The lowest BCUT2D eigenvalue weighted by Gasteiger charge is -2.10. The molecule has 0 aliphatic heterocycles. The number of fused-ring (bicyclic) bond motifs is 1. The van der Waals surface area contributed by atoms with Crippen molar-refractivity contribution in [3.05, 3.63) is 34.5 Å². The molecule has 2 aromatic rings. The van der Waals surface area contributed by atoms with Crippen LogP contribution in [0.2, 0.25) is 0 Å². The average molecular weight is 281 g/mol. The molecular formula is C12H9BrO3. The van der Waals surface area contributed by atoms with Crippen molar-refractivity contribution in [1.29, 1.82) is 0 Å². The second-order valence-corrected chi connectivity index (χ2v) is 5.01. The van der Waals surface area contributed by atoms with Gasteiger partial charge in [0.05, 0.1) is 9.89 Å². The van der Waals surface area contributed by atoms with Crippen molar-refractivity contribution in [2.24, 2.45) is 0 Å². The molecule has 1 aromatic carbocycles. The fourth-order valence-corrected chi connectivity index (χ4v) is 2.53. The van der Waals surface area contributed by atoms with Crippen molar-refractivity contribution >= 4 is 32.9 Å². The van der Waals surface area contributed by atoms with Gasteiger partial charge in [-0.3, -0.25) is 4.79 Å². The first-order valence-electron chi connectivity index (χ1n) is 5.05. The molecule has 1 aliphatic rings. The Bertz CT molecular complexity index is 581. The molecule has 1 aliphatic carbocycles. The van der Waals surface area contributed by atoms with Gasteiger partial charge < -0.3 is 9.52 Å². The lowest BCUT2D eigenvalue weighted by Crippen LogP contribution is -2.19. The van der Waals surface area contributed by atoms with Crippen LogP contribution in [0, 0.1) is 0 Å². The van der Waals surface area contributed by atoms with Crippen LogP contribution in [-0.2, 0) is 10.2 Å². The third-order valence-electron chi connectivity index (χ3n) is 3.23. The van der Waals surface area contributed by atoms with Crippen molar-refractivity contribution in [3.63, 3.8) is 0 Å². The molecule has 1 saturated carbocycles. The van der Waals surface area contributed by atoms with Crippen molar-refractivity contribution in [3.8, 4) is 0 Å². The molecule has 0 amide bonds. The van der Waals surface area contributed by atoms with Crippen LogP contribution in [0.1, 0.15) is 18.4 Å². The summed E-state index contributed by atoms with van der Waals surface area (Å²) in [5.41, 5.74) is 0.772. The van der Waals surface area contributed by atoms with Gasteiger partial charge in [0.15, 0.2) is 0 Å². The van der Waals surface area contributed by atoms with Crippen molar-refractivity contribution < 1.29 is 14.3 Å². The minimum absolute atomic E-state index is 0.689. The van der Waals surface area contributed by atoms with E-state index in [2.05, 4.69) is 15.9 Å². The highest BCUT2D eigenvalue weighted by Crippen LogP contribution is 2.51. The molecule has 1 aromatic heterocycles. The van der Waals surface area contributed by atoms with E-state index in [-0.39, 0.29) is 0 Å². The first kappa shape index (κ1) is 9.90. The molecule has 0 atom stereocenters. The largest absolute Gasteiger partial charge is 0.481 e. The predicted molar refractivity (Wildman–Crippen MR) is 62.5 cm³/mol. The van der Waals surface area contributed by atoms with Crippen LogP contribution in [0.25, 0.3) is 11.0 Å². The van der Waals surface area contributed by atoms with Crippen molar-refractivity contribution in [2.45, 2.75) is 18.3 Å². The highest BCUT2D eigenvalue weighted by Gasteiger charge is 2.53. The summed E-state index contributed by atoms with van der Waals surface area (Å²) < 4.78 is 6.31. The Hall–Kier alpha value is -1.29. The summed E-state index contributed by atoms with van der Waals surface area (Å²) in [5.74, 6) is -0.757. The Kier molecular flexibility index (Phi) is 1.92. The molecule has 3 nitrogen and oxygen atoms in total. The zero-order valence-electron chi connectivity index (χ0n) is 8.37. The molecule has 3 rings (SSSR count). The maximum absolute atomic E-state index is 11.3. The Balaban J connectivity index is 2.29. The summed E-state index contributed by atoms with van der Waals surface area (Å²) in [4.78, 5) is 11.3. The number of carbonyl (C=O) groups is 1. The predicted octanol–water partition coefficient (Wildman–Crippen LogP) is 3.31. The number of rotatable bonds is 2. The van der Waals surface area contributed by atoms with Crippen LogP contribution in [0.15, 0.2) is 33.4 Å². The second-order valence-electron chi connectivity index (χ2n) is 4.15. The van der Waals surface area contributed by atoms with E-state index in [9.17, 15) is 9.90 Å². The van der Waals surface area contributed by atoms with Gasteiger partial charge in [-0.15, -0.1) is 0 Å². The molecular weight excluding hydrogens is 272 g/mol. The Morgan fingerprint density at radius 2 is 2.19 bits per heavy atom. The number of carboxylic acids is 1. The molecule has 0 radical (unpaired) electrons. The molecule has 1 heterocycles. The van der Waals surface area contributed by atoms with Crippen LogP contribution < -0.4 is 0 Å². The monoisotopic (exact) mass is 280 g/mol. The average Bonchev–Trinajstić information content (AvgIpc) is 3.00. The highest BCUT2D eigenvalue weighted by atomic mass is 79.9. The fraction of sp³-hybridized carbons (Fsp3) is 0.250. The van der Waals surface area contributed by atoms with Gasteiger partial charge in [0, 0.05) is 10.9 Å². The van der Waals surface area contributed by atoms with Crippen LogP contribution in [0.3, 0.4) is 0 Å². The molecule has 1 fully saturated rings. The molecule has 0 bridgehead atoms. The van der Waals surface area contributed by atoms with Crippen molar-refractivity contribution in [1.82, 2.24) is 0 Å². The Morgan fingerprint density at radius 1 is 1.44 bits per heavy atom. The number of hydrogen-bond donors (Lipinski definition) is 1. The van der Waals surface area contributed by atoms with E-state index in [0.29, 0.717) is 18.4 Å². The number of hydrogen-bond acceptors (Lipinski definition) is 2. The standard InChI is InChI=1S/C12H9BrO3/c13-9-6-16-10-7(9)2-1-3-8(10)12(4-5-12)11(14)15/h1-3,6H,4-5H2,(H,14,15). The third kappa shape index (κ3) is 1.16. The summed E-state index contributed by atoms with van der Waals surface area (Å²) in [5, 5.41) is 10.2. The van der Waals surface area contributed by atoms with Gasteiger partial charge in [0.2, 0.25) is 0 Å². The lowest BCUT2D eigenvalue weighted by atomic mass is 9.95. The number of furan rings is 1. The van der Waals surface area contributed by atoms with Gasteiger partial charge in [0.25, 0.3) is 0 Å². The molecule has 16 heavy (non-hydrogen) atoms. The lowest BCUT2D eigenvalue weighted by molar-refractivity contribution is -0.140. The van der Waals surface area contributed by atoms with E-state index >= 15 is 0 Å². The van der Waals surface area contributed by atoms with Crippen LogP contribution >= 0.6 is 15.9 Å². The number of halogens is 1. The van der Waals surface area contributed by atoms with Crippen LogP contribution in [0.5, 0.6) is 0 Å². The number of carboxylic acid groups (broad SMARTS) is 1. The molecule has 0 unspecified atom stereocenters. The third-order valence-corrected chi connectivity index (χ3v) is 3.84. The highest BCUT2D eigenvalue weighted by molar-refractivity contribution is 9.10. The van der Waals surface area contributed by atoms with Gasteiger partial charge >= 0.3 is 5.97 Å². The van der Waals surface area contributed by atoms with Gasteiger partial charge in [-0.25, -0.2) is 0 Å². The summed E-state index contributed by atoms with van der Waals surface area (Å²) in [6.07, 6.45) is 2.99. The van der Waals surface area contributed by atoms with Gasteiger partial charge in [-0.1, -0.05) is 12.1 Å². The van der Waals surface area contributed by atoms with Gasteiger partial charge in [-0.2, -0.15) is 0 Å². The zero-order chi connectivity index (χ0) is 11.3. The van der Waals surface area contributed by atoms with E-state index in [1.54, 1.807) is 6.26 Å². The van der Waals surface area contributed by atoms with Crippen LogP contribution in [-0.4, -0.2) is 11.1 Å². The normalized spacial score (nSPS) is 17.6. The topological polar surface area (TPSA) is 50.4 Å². The van der Waals surface area contributed by atoms with Gasteiger partial charge in [0.1, 0.15) is 11.8 Å². The quantitative estimate of drug-likeness (QED) is 0.918. The van der Waals surface area contributed by atoms with E-state index in [1.807, 2.05) is 18.2 Å².